The van der Waals surface area contributed by atoms with Crippen molar-refractivity contribution in [3.63, 3.8) is 0 Å². The normalized spacial score (nSPS) is 12.3. The minimum atomic E-state index is -0.419. The van der Waals surface area contributed by atoms with E-state index in [4.69, 9.17) is 16.3 Å². The highest BCUT2D eigenvalue weighted by atomic mass is 35.5. The molecule has 0 fully saturated rings. The van der Waals surface area contributed by atoms with Crippen LogP contribution in [0.4, 0.5) is 5.69 Å². The number of hydrogen-bond donors (Lipinski definition) is 1. The Morgan fingerprint density at radius 3 is 2.61 bits per heavy atom. The first-order chi connectivity index (χ1) is 8.45. The highest BCUT2D eigenvalue weighted by Gasteiger charge is 2.17. The van der Waals surface area contributed by atoms with Crippen molar-refractivity contribution in [2.24, 2.45) is 0 Å². The second-order valence-corrected chi connectivity index (χ2v) is 4.89. The third-order valence-electron chi connectivity index (χ3n) is 2.55. The number of aryl methyl sites for hydroxylation is 1. The molecule has 0 aliphatic carbocycles. The minimum absolute atomic E-state index is 0.112. The second-order valence-electron chi connectivity index (χ2n) is 4.48. The Morgan fingerprint density at radius 1 is 1.39 bits per heavy atom. The van der Waals surface area contributed by atoms with Gasteiger partial charge in [-0.1, -0.05) is 30.7 Å². The summed E-state index contributed by atoms with van der Waals surface area (Å²) in [7, 11) is 0. The zero-order valence-electron chi connectivity index (χ0n) is 11.3. The predicted molar refractivity (Wildman–Crippen MR) is 75.1 cm³/mol. The van der Waals surface area contributed by atoms with Gasteiger partial charge in [0.05, 0.1) is 16.8 Å². The molecule has 0 saturated carbocycles. The van der Waals surface area contributed by atoms with Crippen LogP contribution in [0.3, 0.4) is 0 Å². The highest BCUT2D eigenvalue weighted by molar-refractivity contribution is 6.33. The third kappa shape index (κ3) is 3.91. The van der Waals surface area contributed by atoms with Crippen molar-refractivity contribution < 1.29 is 9.53 Å². The van der Waals surface area contributed by atoms with Crippen LogP contribution in [0.2, 0.25) is 5.02 Å². The van der Waals surface area contributed by atoms with Crippen LogP contribution in [-0.4, -0.2) is 18.1 Å². The molecular formula is C14H20ClNO2. The number of rotatable bonds is 5. The summed E-state index contributed by atoms with van der Waals surface area (Å²) in [4.78, 5) is 11.7. The number of hydrogen-bond acceptors (Lipinski definition) is 3. The van der Waals surface area contributed by atoms with Crippen molar-refractivity contribution in [1.82, 2.24) is 0 Å². The van der Waals surface area contributed by atoms with Crippen LogP contribution in [0.5, 0.6) is 0 Å². The van der Waals surface area contributed by atoms with E-state index < -0.39 is 6.04 Å². The summed E-state index contributed by atoms with van der Waals surface area (Å²) in [6, 6.07) is 5.29. The molecule has 0 heterocycles. The van der Waals surface area contributed by atoms with Crippen molar-refractivity contribution >= 4 is 23.3 Å². The summed E-state index contributed by atoms with van der Waals surface area (Å²) in [5, 5.41) is 3.75. The second kappa shape index (κ2) is 6.64. The largest absolute Gasteiger partial charge is 0.461 e. The van der Waals surface area contributed by atoms with Crippen LogP contribution < -0.4 is 5.32 Å². The Balaban J connectivity index is 2.81. The van der Waals surface area contributed by atoms with Gasteiger partial charge >= 0.3 is 5.97 Å². The minimum Gasteiger partial charge on any atom is -0.461 e. The van der Waals surface area contributed by atoms with Gasteiger partial charge in [0, 0.05) is 0 Å². The lowest BCUT2D eigenvalue weighted by atomic mass is 10.1. The summed E-state index contributed by atoms with van der Waals surface area (Å²) in [6.45, 7) is 7.48. The standard InChI is InChI=1S/C14H20ClNO2/c1-5-11-7-6-8-12(15)13(11)16-10(4)14(17)18-9(2)3/h6-10,16H,5H2,1-4H3/t10-/m0/s1. The van der Waals surface area contributed by atoms with Gasteiger partial charge in [-0.2, -0.15) is 0 Å². The van der Waals surface area contributed by atoms with Gasteiger partial charge in [0.15, 0.2) is 0 Å². The first-order valence-electron chi connectivity index (χ1n) is 6.20. The van der Waals surface area contributed by atoms with Crippen LogP contribution in [0.1, 0.15) is 33.3 Å². The van der Waals surface area contributed by atoms with E-state index in [0.717, 1.165) is 17.7 Å². The summed E-state index contributed by atoms with van der Waals surface area (Å²) in [5.41, 5.74) is 1.90. The SMILES string of the molecule is CCc1cccc(Cl)c1N[C@@H](C)C(=O)OC(C)C. The van der Waals surface area contributed by atoms with E-state index in [2.05, 4.69) is 5.32 Å². The lowest BCUT2D eigenvalue weighted by Crippen LogP contribution is -2.30. The summed E-state index contributed by atoms with van der Waals surface area (Å²) < 4.78 is 5.15. The third-order valence-corrected chi connectivity index (χ3v) is 2.86. The molecule has 0 bridgehead atoms. The molecule has 1 rings (SSSR count). The van der Waals surface area contributed by atoms with Crippen molar-refractivity contribution in [3.05, 3.63) is 28.8 Å². The van der Waals surface area contributed by atoms with Gasteiger partial charge in [-0.15, -0.1) is 0 Å². The van der Waals surface area contributed by atoms with Gasteiger partial charge in [0.2, 0.25) is 0 Å². The molecule has 3 nitrogen and oxygen atoms in total. The molecule has 18 heavy (non-hydrogen) atoms. The van der Waals surface area contributed by atoms with Gasteiger partial charge in [-0.05, 0) is 38.8 Å². The molecule has 1 N–H and O–H groups in total. The Labute approximate surface area is 113 Å². The summed E-state index contributed by atoms with van der Waals surface area (Å²) in [5.74, 6) is -0.271. The van der Waals surface area contributed by atoms with E-state index in [-0.39, 0.29) is 12.1 Å². The zero-order valence-corrected chi connectivity index (χ0v) is 12.0. The number of anilines is 1. The van der Waals surface area contributed by atoms with Gasteiger partial charge in [0.25, 0.3) is 0 Å². The fourth-order valence-corrected chi connectivity index (χ4v) is 1.88. The number of benzene rings is 1. The van der Waals surface area contributed by atoms with E-state index in [1.54, 1.807) is 6.92 Å². The van der Waals surface area contributed by atoms with Crippen LogP contribution in [0.25, 0.3) is 0 Å². The number of para-hydroxylation sites is 1. The quantitative estimate of drug-likeness (QED) is 0.829. The fraction of sp³-hybridized carbons (Fsp3) is 0.500. The van der Waals surface area contributed by atoms with Crippen molar-refractivity contribution in [2.45, 2.75) is 46.3 Å². The Bertz CT molecular complexity index is 418. The maximum Gasteiger partial charge on any atom is 0.328 e. The maximum atomic E-state index is 11.7. The Morgan fingerprint density at radius 2 is 2.06 bits per heavy atom. The fourth-order valence-electron chi connectivity index (χ4n) is 1.63. The van der Waals surface area contributed by atoms with Gasteiger partial charge in [-0.3, -0.25) is 0 Å². The number of carbonyl (C=O) groups excluding carboxylic acids is 1. The molecule has 0 unspecified atom stereocenters. The average molecular weight is 270 g/mol. The molecular weight excluding hydrogens is 250 g/mol. The summed E-state index contributed by atoms with van der Waals surface area (Å²) in [6.07, 6.45) is 0.744. The number of carbonyl (C=O) groups is 1. The van der Waals surface area contributed by atoms with Crippen LogP contribution >= 0.6 is 11.6 Å². The molecule has 1 aromatic carbocycles. The molecule has 0 aliphatic rings. The van der Waals surface area contributed by atoms with E-state index in [1.807, 2.05) is 39.0 Å². The summed E-state index contributed by atoms with van der Waals surface area (Å²) >= 11 is 6.15. The smallest absolute Gasteiger partial charge is 0.328 e. The van der Waals surface area contributed by atoms with E-state index in [9.17, 15) is 4.79 Å². The number of esters is 1. The lowest BCUT2D eigenvalue weighted by Gasteiger charge is -2.19. The molecule has 0 amide bonds. The number of ether oxygens (including phenoxy) is 1. The van der Waals surface area contributed by atoms with Crippen LogP contribution in [0, 0.1) is 0 Å². The van der Waals surface area contributed by atoms with E-state index in [1.165, 1.54) is 0 Å². The first-order valence-corrected chi connectivity index (χ1v) is 6.57. The molecule has 100 valence electrons. The molecule has 0 aliphatic heterocycles. The monoisotopic (exact) mass is 269 g/mol. The topological polar surface area (TPSA) is 38.3 Å². The first kappa shape index (κ1) is 14.8. The predicted octanol–water partition coefficient (Wildman–Crippen LogP) is 3.65. The zero-order chi connectivity index (χ0) is 13.7. The highest BCUT2D eigenvalue weighted by Crippen LogP contribution is 2.27. The number of nitrogens with one attached hydrogen (secondary N) is 1. The molecule has 0 aromatic heterocycles. The lowest BCUT2D eigenvalue weighted by molar-refractivity contribution is -0.147. The Hall–Kier alpha value is -1.22. The maximum absolute atomic E-state index is 11.7. The van der Waals surface area contributed by atoms with Gasteiger partial charge in [-0.25, -0.2) is 4.79 Å². The molecule has 0 saturated heterocycles. The van der Waals surface area contributed by atoms with Gasteiger partial charge < -0.3 is 10.1 Å². The molecule has 4 heteroatoms. The molecule has 1 aromatic rings. The van der Waals surface area contributed by atoms with Gasteiger partial charge in [0.1, 0.15) is 6.04 Å². The van der Waals surface area contributed by atoms with Crippen molar-refractivity contribution in [1.29, 1.82) is 0 Å². The van der Waals surface area contributed by atoms with E-state index in [0.29, 0.717) is 5.02 Å². The van der Waals surface area contributed by atoms with E-state index >= 15 is 0 Å². The van der Waals surface area contributed by atoms with Crippen molar-refractivity contribution in [2.75, 3.05) is 5.32 Å². The molecule has 0 radical (unpaired) electrons. The number of halogens is 1. The van der Waals surface area contributed by atoms with Crippen LogP contribution in [-0.2, 0) is 16.0 Å². The Kier molecular flexibility index (Phi) is 5.48. The molecule has 0 spiro atoms. The average Bonchev–Trinajstić information content (AvgIpc) is 2.30. The van der Waals surface area contributed by atoms with Crippen molar-refractivity contribution in [3.8, 4) is 0 Å². The van der Waals surface area contributed by atoms with Crippen LogP contribution in [0.15, 0.2) is 18.2 Å². The molecule has 1 atom stereocenters.